The van der Waals surface area contributed by atoms with E-state index in [1.165, 1.54) is 18.4 Å². The van der Waals surface area contributed by atoms with Crippen LogP contribution in [-0.2, 0) is 11.2 Å². The van der Waals surface area contributed by atoms with Gasteiger partial charge in [-0.15, -0.1) is 0 Å². The van der Waals surface area contributed by atoms with E-state index in [0.29, 0.717) is 18.2 Å². The molecule has 2 heteroatoms. The Hall–Kier alpha value is -1.15. The second-order valence-corrected chi connectivity index (χ2v) is 5.42. The van der Waals surface area contributed by atoms with E-state index in [1.54, 1.807) is 0 Å². The summed E-state index contributed by atoms with van der Waals surface area (Å²) in [5.41, 5.74) is 1.35. The first kappa shape index (κ1) is 13.3. The van der Waals surface area contributed by atoms with E-state index in [4.69, 9.17) is 0 Å². The van der Waals surface area contributed by atoms with Gasteiger partial charge in [0.25, 0.3) is 0 Å². The first-order valence-corrected chi connectivity index (χ1v) is 7.01. The summed E-state index contributed by atoms with van der Waals surface area (Å²) >= 11 is 0. The maximum atomic E-state index is 12.0. The van der Waals surface area contributed by atoms with Crippen LogP contribution >= 0.6 is 0 Å². The highest BCUT2D eigenvalue weighted by atomic mass is 16.1. The number of rotatable bonds is 6. The average molecular weight is 245 g/mol. The third-order valence-electron chi connectivity index (χ3n) is 3.86. The lowest BCUT2D eigenvalue weighted by molar-refractivity contribution is -0.123. The highest BCUT2D eigenvalue weighted by Gasteiger charge is 2.23. The monoisotopic (exact) mass is 245 g/mol. The zero-order valence-corrected chi connectivity index (χ0v) is 11.3. The normalized spacial score (nSPS) is 16.3. The van der Waals surface area contributed by atoms with Gasteiger partial charge < -0.3 is 0 Å². The molecular formula is C16H23NO. The Labute approximate surface area is 110 Å². The lowest BCUT2D eigenvalue weighted by Gasteiger charge is -2.18. The molecule has 0 heterocycles. The largest absolute Gasteiger partial charge is 0.299 e. The van der Waals surface area contributed by atoms with Crippen molar-refractivity contribution in [3.8, 4) is 0 Å². The molecule has 2 nitrogen and oxygen atoms in total. The SMILES string of the molecule is CN(CCc1ccccc1)CC(=O)C1CCCC1. The van der Waals surface area contributed by atoms with Gasteiger partial charge in [0.2, 0.25) is 0 Å². The van der Waals surface area contributed by atoms with Crippen molar-refractivity contribution in [1.82, 2.24) is 4.90 Å². The summed E-state index contributed by atoms with van der Waals surface area (Å²) in [6.45, 7) is 1.58. The van der Waals surface area contributed by atoms with Crippen molar-refractivity contribution in [2.24, 2.45) is 5.92 Å². The van der Waals surface area contributed by atoms with E-state index in [-0.39, 0.29) is 0 Å². The topological polar surface area (TPSA) is 20.3 Å². The van der Waals surface area contributed by atoms with Crippen molar-refractivity contribution < 1.29 is 4.79 Å². The Morgan fingerprint density at radius 3 is 2.56 bits per heavy atom. The van der Waals surface area contributed by atoms with Crippen LogP contribution in [0.25, 0.3) is 0 Å². The summed E-state index contributed by atoms with van der Waals surface area (Å²) in [6.07, 6.45) is 5.74. The average Bonchev–Trinajstić information content (AvgIpc) is 2.91. The van der Waals surface area contributed by atoms with Gasteiger partial charge in [-0.3, -0.25) is 9.69 Å². The summed E-state index contributed by atoms with van der Waals surface area (Å²) in [5.74, 6) is 0.798. The van der Waals surface area contributed by atoms with Crippen molar-refractivity contribution in [3.63, 3.8) is 0 Å². The van der Waals surface area contributed by atoms with E-state index < -0.39 is 0 Å². The second kappa shape index (κ2) is 6.69. The minimum atomic E-state index is 0.351. The molecule has 2 rings (SSSR count). The summed E-state index contributed by atoms with van der Waals surface area (Å²) in [4.78, 5) is 14.2. The number of nitrogens with zero attached hydrogens (tertiary/aromatic N) is 1. The van der Waals surface area contributed by atoms with Crippen LogP contribution in [0.2, 0.25) is 0 Å². The van der Waals surface area contributed by atoms with Crippen LogP contribution in [0, 0.1) is 5.92 Å². The standard InChI is InChI=1S/C16H23NO/c1-17(12-11-14-7-3-2-4-8-14)13-16(18)15-9-5-6-10-15/h2-4,7-8,15H,5-6,9-13H2,1H3. The van der Waals surface area contributed by atoms with Crippen LogP contribution in [0.3, 0.4) is 0 Å². The summed E-state index contributed by atoms with van der Waals surface area (Å²) in [5, 5.41) is 0. The number of likely N-dealkylation sites (N-methyl/N-ethyl adjacent to an activating group) is 1. The van der Waals surface area contributed by atoms with Crippen molar-refractivity contribution >= 4 is 5.78 Å². The zero-order chi connectivity index (χ0) is 12.8. The lowest BCUT2D eigenvalue weighted by atomic mass is 10.0. The quantitative estimate of drug-likeness (QED) is 0.768. The number of ketones is 1. The second-order valence-electron chi connectivity index (χ2n) is 5.42. The van der Waals surface area contributed by atoms with Gasteiger partial charge in [0.1, 0.15) is 5.78 Å². The molecule has 0 unspecified atom stereocenters. The number of carbonyl (C=O) groups is 1. The van der Waals surface area contributed by atoms with Crippen molar-refractivity contribution in [2.45, 2.75) is 32.1 Å². The fraction of sp³-hybridized carbons (Fsp3) is 0.562. The molecule has 0 saturated heterocycles. The Morgan fingerprint density at radius 1 is 1.22 bits per heavy atom. The molecule has 0 spiro atoms. The number of hydrogen-bond donors (Lipinski definition) is 0. The van der Waals surface area contributed by atoms with Gasteiger partial charge >= 0.3 is 0 Å². The number of Topliss-reactive ketones (excluding diaryl/α,β-unsaturated/α-hetero) is 1. The van der Waals surface area contributed by atoms with Gasteiger partial charge in [0, 0.05) is 12.5 Å². The van der Waals surface area contributed by atoms with Crippen molar-refractivity contribution in [1.29, 1.82) is 0 Å². The Bertz CT molecular complexity index is 368. The van der Waals surface area contributed by atoms with Gasteiger partial charge in [-0.1, -0.05) is 43.2 Å². The minimum Gasteiger partial charge on any atom is -0.299 e. The van der Waals surface area contributed by atoms with Crippen LogP contribution in [0.1, 0.15) is 31.2 Å². The van der Waals surface area contributed by atoms with Crippen LogP contribution in [0.5, 0.6) is 0 Å². The van der Waals surface area contributed by atoms with E-state index in [1.807, 2.05) is 6.07 Å². The van der Waals surface area contributed by atoms with Crippen LogP contribution in [0.4, 0.5) is 0 Å². The van der Waals surface area contributed by atoms with Gasteiger partial charge in [-0.2, -0.15) is 0 Å². The maximum Gasteiger partial charge on any atom is 0.149 e. The molecule has 1 aliphatic rings. The van der Waals surface area contributed by atoms with Crippen molar-refractivity contribution in [3.05, 3.63) is 35.9 Å². The van der Waals surface area contributed by atoms with Crippen LogP contribution < -0.4 is 0 Å². The molecule has 98 valence electrons. The first-order chi connectivity index (χ1) is 8.75. The van der Waals surface area contributed by atoms with Gasteiger partial charge in [0.15, 0.2) is 0 Å². The molecule has 0 bridgehead atoms. The molecule has 0 atom stereocenters. The van der Waals surface area contributed by atoms with Crippen LogP contribution in [-0.4, -0.2) is 30.8 Å². The van der Waals surface area contributed by atoms with E-state index in [9.17, 15) is 4.79 Å². The molecule has 1 aromatic rings. The van der Waals surface area contributed by atoms with Crippen LogP contribution in [0.15, 0.2) is 30.3 Å². The lowest BCUT2D eigenvalue weighted by Crippen LogP contribution is -2.31. The summed E-state index contributed by atoms with van der Waals surface area (Å²) in [7, 11) is 2.05. The Morgan fingerprint density at radius 2 is 1.89 bits per heavy atom. The van der Waals surface area contributed by atoms with E-state index >= 15 is 0 Å². The Balaban J connectivity index is 1.71. The maximum absolute atomic E-state index is 12.0. The summed E-state index contributed by atoms with van der Waals surface area (Å²) in [6, 6.07) is 10.5. The van der Waals surface area contributed by atoms with Gasteiger partial charge in [-0.25, -0.2) is 0 Å². The molecule has 1 saturated carbocycles. The minimum absolute atomic E-state index is 0.351. The molecule has 0 N–H and O–H groups in total. The molecule has 1 aliphatic carbocycles. The molecule has 0 aliphatic heterocycles. The smallest absolute Gasteiger partial charge is 0.149 e. The molecule has 0 amide bonds. The molecule has 0 radical (unpaired) electrons. The fourth-order valence-electron chi connectivity index (χ4n) is 2.69. The third-order valence-corrected chi connectivity index (χ3v) is 3.86. The number of hydrogen-bond acceptors (Lipinski definition) is 2. The molecule has 1 fully saturated rings. The molecule has 18 heavy (non-hydrogen) atoms. The molecule has 0 aromatic heterocycles. The third kappa shape index (κ3) is 3.95. The fourth-order valence-corrected chi connectivity index (χ4v) is 2.69. The highest BCUT2D eigenvalue weighted by Crippen LogP contribution is 2.25. The zero-order valence-electron chi connectivity index (χ0n) is 11.3. The Kier molecular flexibility index (Phi) is 4.94. The summed E-state index contributed by atoms with van der Waals surface area (Å²) < 4.78 is 0. The van der Waals surface area contributed by atoms with Gasteiger partial charge in [0.05, 0.1) is 6.54 Å². The molecule has 1 aromatic carbocycles. The highest BCUT2D eigenvalue weighted by molar-refractivity contribution is 5.83. The van der Waals surface area contributed by atoms with E-state index in [2.05, 4.69) is 36.2 Å². The molecular weight excluding hydrogens is 222 g/mol. The predicted molar refractivity (Wildman–Crippen MR) is 74.6 cm³/mol. The van der Waals surface area contributed by atoms with E-state index in [0.717, 1.165) is 25.8 Å². The van der Waals surface area contributed by atoms with Gasteiger partial charge in [-0.05, 0) is 31.9 Å². The number of benzene rings is 1. The number of carbonyl (C=O) groups excluding carboxylic acids is 1. The van der Waals surface area contributed by atoms with Crippen molar-refractivity contribution in [2.75, 3.05) is 20.1 Å². The first-order valence-electron chi connectivity index (χ1n) is 7.01. The predicted octanol–water partition coefficient (Wildman–Crippen LogP) is 2.92.